The summed E-state index contributed by atoms with van der Waals surface area (Å²) in [7, 11) is 0. The smallest absolute Gasteiger partial charge is 0.330 e. The molecular formula is C22H41NO3. The molecule has 0 heterocycles. The van der Waals surface area contributed by atoms with Crippen molar-refractivity contribution < 1.29 is 14.3 Å². The van der Waals surface area contributed by atoms with Crippen molar-refractivity contribution in [3.63, 3.8) is 0 Å². The van der Waals surface area contributed by atoms with Crippen LogP contribution in [0.1, 0.15) is 97.8 Å². The molecule has 0 aromatic heterocycles. The van der Waals surface area contributed by atoms with Crippen molar-refractivity contribution in [2.45, 2.75) is 97.8 Å². The maximum Gasteiger partial charge on any atom is 0.330 e. The average molecular weight is 368 g/mol. The number of ether oxygens (including phenoxy) is 1. The highest BCUT2D eigenvalue weighted by atomic mass is 16.5. The summed E-state index contributed by atoms with van der Waals surface area (Å²) in [6, 6.07) is 0. The highest BCUT2D eigenvalue weighted by Gasteiger charge is 2.01. The van der Waals surface area contributed by atoms with E-state index in [0.29, 0.717) is 19.1 Å². The Balaban J connectivity index is 3.43. The molecule has 0 bridgehead atoms. The Hall–Kier alpha value is -1.32. The number of unbranched alkanes of at least 4 members (excludes halogenated alkanes) is 9. The average Bonchev–Trinajstić information content (AvgIpc) is 2.61. The van der Waals surface area contributed by atoms with Gasteiger partial charge in [-0.05, 0) is 25.2 Å². The van der Waals surface area contributed by atoms with Gasteiger partial charge in [0.1, 0.15) is 0 Å². The van der Waals surface area contributed by atoms with Gasteiger partial charge in [0.05, 0.1) is 6.61 Å². The van der Waals surface area contributed by atoms with Crippen LogP contribution in [-0.2, 0) is 14.3 Å². The van der Waals surface area contributed by atoms with E-state index < -0.39 is 5.97 Å². The van der Waals surface area contributed by atoms with Gasteiger partial charge in [-0.15, -0.1) is 0 Å². The summed E-state index contributed by atoms with van der Waals surface area (Å²) < 4.78 is 5.05. The monoisotopic (exact) mass is 367 g/mol. The van der Waals surface area contributed by atoms with Crippen LogP contribution in [0.25, 0.3) is 0 Å². The summed E-state index contributed by atoms with van der Waals surface area (Å²) in [6.45, 7) is 7.61. The minimum atomic E-state index is -0.442. The summed E-state index contributed by atoms with van der Waals surface area (Å²) in [5.74, 6) is -0.0521. The molecule has 0 aliphatic heterocycles. The lowest BCUT2D eigenvalue weighted by Crippen LogP contribution is -2.22. The lowest BCUT2D eigenvalue weighted by Gasteiger charge is -2.04. The first-order valence-electron chi connectivity index (χ1n) is 10.7. The van der Waals surface area contributed by atoms with Crippen LogP contribution >= 0.6 is 0 Å². The van der Waals surface area contributed by atoms with Crippen LogP contribution in [0.3, 0.4) is 0 Å². The van der Waals surface area contributed by atoms with Gasteiger partial charge < -0.3 is 10.1 Å². The molecule has 26 heavy (non-hydrogen) atoms. The van der Waals surface area contributed by atoms with Crippen molar-refractivity contribution >= 4 is 11.9 Å². The first-order chi connectivity index (χ1) is 12.6. The van der Waals surface area contributed by atoms with Crippen molar-refractivity contribution in [1.82, 2.24) is 5.32 Å². The maximum absolute atomic E-state index is 11.6. The third-order valence-electron chi connectivity index (χ3n) is 4.37. The van der Waals surface area contributed by atoms with Crippen LogP contribution in [0.5, 0.6) is 0 Å². The number of carbonyl (C=O) groups excluding carboxylic acids is 2. The summed E-state index contributed by atoms with van der Waals surface area (Å²) in [5.41, 5.74) is 0. The predicted octanol–water partition coefficient (Wildman–Crippen LogP) is 5.56. The van der Waals surface area contributed by atoms with E-state index in [-0.39, 0.29) is 5.91 Å². The molecule has 152 valence electrons. The molecule has 0 aliphatic rings. The van der Waals surface area contributed by atoms with Gasteiger partial charge in [-0.2, -0.15) is 0 Å². The zero-order valence-electron chi connectivity index (χ0n) is 17.4. The summed E-state index contributed by atoms with van der Waals surface area (Å²) in [6.07, 6.45) is 17.2. The molecule has 4 nitrogen and oxygen atoms in total. The number of amides is 1. The fourth-order valence-electron chi connectivity index (χ4n) is 2.74. The molecule has 1 N–H and O–H groups in total. The van der Waals surface area contributed by atoms with Gasteiger partial charge in [0.25, 0.3) is 0 Å². The number of nitrogens with one attached hydrogen (secondary N) is 1. The van der Waals surface area contributed by atoms with Crippen molar-refractivity contribution in [2.24, 2.45) is 5.92 Å². The van der Waals surface area contributed by atoms with E-state index in [0.717, 1.165) is 25.7 Å². The second-order valence-corrected chi connectivity index (χ2v) is 7.51. The largest absolute Gasteiger partial charge is 0.463 e. The zero-order chi connectivity index (χ0) is 19.5. The Morgan fingerprint density at radius 1 is 0.846 bits per heavy atom. The molecule has 0 aliphatic carbocycles. The molecule has 0 rings (SSSR count). The van der Waals surface area contributed by atoms with Crippen molar-refractivity contribution in [3.8, 4) is 0 Å². The first kappa shape index (κ1) is 24.7. The molecule has 0 aromatic carbocycles. The normalized spacial score (nSPS) is 11.2. The standard InChI is InChI=1S/C22H41NO3/c1-4-5-6-7-8-9-10-11-12-13-18-23-21(24)16-17-22(25)26-19-14-15-20(2)3/h16-17,20H,4-15,18-19H2,1-3H3,(H,23,24)/b17-16+. The van der Waals surface area contributed by atoms with E-state index in [4.69, 9.17) is 4.74 Å². The van der Waals surface area contributed by atoms with Crippen LogP contribution in [0, 0.1) is 5.92 Å². The van der Waals surface area contributed by atoms with Crippen LogP contribution in [-0.4, -0.2) is 25.0 Å². The fraction of sp³-hybridized carbons (Fsp3) is 0.818. The van der Waals surface area contributed by atoms with Gasteiger partial charge in [-0.3, -0.25) is 4.79 Å². The van der Waals surface area contributed by atoms with Crippen molar-refractivity contribution in [1.29, 1.82) is 0 Å². The number of hydrogen-bond acceptors (Lipinski definition) is 3. The molecule has 0 aromatic rings. The minimum Gasteiger partial charge on any atom is -0.463 e. The molecule has 4 heteroatoms. The Bertz CT molecular complexity index is 378. The molecule has 0 saturated heterocycles. The minimum absolute atomic E-state index is 0.222. The third-order valence-corrected chi connectivity index (χ3v) is 4.37. The molecule has 1 amide bonds. The van der Waals surface area contributed by atoms with Gasteiger partial charge in [0.15, 0.2) is 0 Å². The molecule has 0 spiro atoms. The van der Waals surface area contributed by atoms with Crippen LogP contribution in [0.2, 0.25) is 0 Å². The maximum atomic E-state index is 11.6. The predicted molar refractivity (Wildman–Crippen MR) is 109 cm³/mol. The SMILES string of the molecule is CCCCCCCCCCCCNC(=O)/C=C/C(=O)OCCCC(C)C. The highest BCUT2D eigenvalue weighted by molar-refractivity contribution is 5.94. The van der Waals surface area contributed by atoms with Gasteiger partial charge >= 0.3 is 5.97 Å². The fourth-order valence-corrected chi connectivity index (χ4v) is 2.74. The van der Waals surface area contributed by atoms with E-state index in [2.05, 4.69) is 26.1 Å². The highest BCUT2D eigenvalue weighted by Crippen LogP contribution is 2.10. The third kappa shape index (κ3) is 19.0. The molecule has 0 atom stereocenters. The van der Waals surface area contributed by atoms with E-state index in [1.165, 1.54) is 63.5 Å². The van der Waals surface area contributed by atoms with E-state index >= 15 is 0 Å². The Morgan fingerprint density at radius 2 is 1.42 bits per heavy atom. The molecule has 0 fully saturated rings. The van der Waals surface area contributed by atoms with Crippen molar-refractivity contribution in [2.75, 3.05) is 13.2 Å². The number of esters is 1. The lowest BCUT2D eigenvalue weighted by molar-refractivity contribution is -0.138. The number of carbonyl (C=O) groups is 2. The van der Waals surface area contributed by atoms with Crippen LogP contribution < -0.4 is 5.32 Å². The molecular weight excluding hydrogens is 326 g/mol. The van der Waals surface area contributed by atoms with Gasteiger partial charge in [0, 0.05) is 18.7 Å². The summed E-state index contributed by atoms with van der Waals surface area (Å²) >= 11 is 0. The zero-order valence-corrected chi connectivity index (χ0v) is 17.4. The summed E-state index contributed by atoms with van der Waals surface area (Å²) in [5, 5.41) is 2.81. The lowest BCUT2D eigenvalue weighted by atomic mass is 10.1. The first-order valence-corrected chi connectivity index (χ1v) is 10.7. The second-order valence-electron chi connectivity index (χ2n) is 7.51. The Labute approximate surface area is 161 Å². The molecule has 0 unspecified atom stereocenters. The molecule has 0 saturated carbocycles. The topological polar surface area (TPSA) is 55.4 Å². The Kier molecular flexibility index (Phi) is 17.5. The van der Waals surface area contributed by atoms with Crippen LogP contribution in [0.15, 0.2) is 12.2 Å². The quantitative estimate of drug-likeness (QED) is 0.208. The summed E-state index contributed by atoms with van der Waals surface area (Å²) in [4.78, 5) is 23.1. The van der Waals surface area contributed by atoms with Gasteiger partial charge in [-0.1, -0.05) is 78.6 Å². The Morgan fingerprint density at radius 3 is 2.00 bits per heavy atom. The van der Waals surface area contributed by atoms with Gasteiger partial charge in [0.2, 0.25) is 5.91 Å². The molecule has 0 radical (unpaired) electrons. The second kappa shape index (κ2) is 18.5. The van der Waals surface area contributed by atoms with E-state index in [1.54, 1.807) is 0 Å². The van der Waals surface area contributed by atoms with Gasteiger partial charge in [-0.25, -0.2) is 4.79 Å². The van der Waals surface area contributed by atoms with Crippen molar-refractivity contribution in [3.05, 3.63) is 12.2 Å². The van der Waals surface area contributed by atoms with E-state index in [9.17, 15) is 9.59 Å². The number of hydrogen-bond donors (Lipinski definition) is 1. The van der Waals surface area contributed by atoms with Crippen LogP contribution in [0.4, 0.5) is 0 Å². The van der Waals surface area contributed by atoms with E-state index in [1.807, 2.05) is 0 Å². The number of rotatable bonds is 17.